The highest BCUT2D eigenvalue weighted by molar-refractivity contribution is 5.90. The summed E-state index contributed by atoms with van der Waals surface area (Å²) in [5.41, 5.74) is 7.25. The van der Waals surface area contributed by atoms with E-state index in [9.17, 15) is 4.79 Å². The van der Waals surface area contributed by atoms with E-state index in [-0.39, 0.29) is 11.4 Å². The minimum absolute atomic E-state index is 0.0618. The summed E-state index contributed by atoms with van der Waals surface area (Å²) in [5, 5.41) is 5.37. The van der Waals surface area contributed by atoms with E-state index in [1.54, 1.807) is 0 Å². The molecule has 3 nitrogen and oxygen atoms in total. The van der Waals surface area contributed by atoms with Crippen LogP contribution >= 0.6 is 0 Å². The molecular formula is C19H24N2O. The molecule has 0 heterocycles. The molecule has 3 heteroatoms. The fraction of sp³-hybridized carbons (Fsp3) is 0.421. The van der Waals surface area contributed by atoms with Crippen molar-refractivity contribution < 1.29 is 4.79 Å². The predicted molar refractivity (Wildman–Crippen MR) is 90.7 cm³/mol. The molecule has 1 aliphatic rings. The van der Waals surface area contributed by atoms with Gasteiger partial charge in [-0.1, -0.05) is 61.7 Å². The van der Waals surface area contributed by atoms with E-state index in [0.29, 0.717) is 13.0 Å². The molecule has 1 aliphatic carbocycles. The van der Waals surface area contributed by atoms with Crippen LogP contribution in [-0.2, 0) is 11.2 Å². The van der Waals surface area contributed by atoms with E-state index >= 15 is 0 Å². The molecule has 1 fully saturated rings. The van der Waals surface area contributed by atoms with Gasteiger partial charge in [-0.05, 0) is 29.2 Å². The maximum Gasteiger partial charge on any atom is 0.224 e. The average Bonchev–Trinajstić information content (AvgIpc) is 2.54. The Balaban J connectivity index is 1.63. The molecule has 1 saturated carbocycles. The normalized spacial score (nSPS) is 17.3. The van der Waals surface area contributed by atoms with E-state index in [0.717, 1.165) is 23.8 Å². The van der Waals surface area contributed by atoms with Crippen LogP contribution in [0, 0.1) is 0 Å². The van der Waals surface area contributed by atoms with Crippen LogP contribution in [0.1, 0.15) is 37.7 Å². The van der Waals surface area contributed by atoms with Gasteiger partial charge in [-0.2, -0.15) is 0 Å². The highest BCUT2D eigenvalue weighted by Gasteiger charge is 2.27. The largest absolute Gasteiger partial charge is 0.354 e. The Morgan fingerprint density at radius 2 is 1.77 bits per heavy atom. The SMILES string of the molecule is NC1(CNC(=O)Cc2cccc3ccccc23)CCCCC1. The predicted octanol–water partition coefficient (Wildman–Crippen LogP) is 3.16. The number of fused-ring (bicyclic) bond motifs is 1. The third-order valence-electron chi connectivity index (χ3n) is 4.72. The van der Waals surface area contributed by atoms with Crippen LogP contribution in [-0.4, -0.2) is 18.0 Å². The van der Waals surface area contributed by atoms with Crippen molar-refractivity contribution in [2.75, 3.05) is 6.54 Å². The first kappa shape index (κ1) is 15.0. The molecule has 2 aromatic rings. The molecule has 0 spiro atoms. The lowest BCUT2D eigenvalue weighted by Gasteiger charge is -2.33. The quantitative estimate of drug-likeness (QED) is 0.910. The van der Waals surface area contributed by atoms with Gasteiger partial charge in [0.05, 0.1) is 6.42 Å². The zero-order valence-corrected chi connectivity index (χ0v) is 13.0. The highest BCUT2D eigenvalue weighted by atomic mass is 16.1. The Morgan fingerprint density at radius 3 is 2.59 bits per heavy atom. The van der Waals surface area contributed by atoms with Crippen LogP contribution < -0.4 is 11.1 Å². The van der Waals surface area contributed by atoms with Crippen LogP contribution in [0.3, 0.4) is 0 Å². The van der Waals surface area contributed by atoms with Gasteiger partial charge in [0.15, 0.2) is 0 Å². The topological polar surface area (TPSA) is 55.1 Å². The Kier molecular flexibility index (Phi) is 4.44. The van der Waals surface area contributed by atoms with E-state index in [2.05, 4.69) is 23.5 Å². The molecule has 2 aromatic carbocycles. The van der Waals surface area contributed by atoms with Gasteiger partial charge >= 0.3 is 0 Å². The zero-order chi connectivity index (χ0) is 15.4. The molecule has 0 radical (unpaired) electrons. The number of carbonyl (C=O) groups is 1. The first-order valence-corrected chi connectivity index (χ1v) is 8.19. The minimum Gasteiger partial charge on any atom is -0.354 e. The van der Waals surface area contributed by atoms with Crippen LogP contribution in [0.4, 0.5) is 0 Å². The first-order chi connectivity index (χ1) is 10.7. The molecule has 0 aliphatic heterocycles. The van der Waals surface area contributed by atoms with E-state index in [4.69, 9.17) is 5.73 Å². The monoisotopic (exact) mass is 296 g/mol. The number of hydrogen-bond acceptors (Lipinski definition) is 2. The Bertz CT molecular complexity index is 654. The number of nitrogens with two attached hydrogens (primary N) is 1. The molecule has 0 aromatic heterocycles. The van der Waals surface area contributed by atoms with Crippen molar-refractivity contribution >= 4 is 16.7 Å². The maximum atomic E-state index is 12.3. The van der Waals surface area contributed by atoms with Crippen LogP contribution in [0.25, 0.3) is 10.8 Å². The molecule has 0 unspecified atom stereocenters. The van der Waals surface area contributed by atoms with E-state index in [1.807, 2.05) is 24.3 Å². The standard InChI is InChI=1S/C19H24N2O/c20-19(11-4-1-5-12-19)14-21-18(22)13-16-9-6-8-15-7-2-3-10-17(15)16/h2-3,6-10H,1,4-5,11-14,20H2,(H,21,22). The minimum atomic E-state index is -0.202. The van der Waals surface area contributed by atoms with Crippen molar-refractivity contribution in [3.05, 3.63) is 48.0 Å². The summed E-state index contributed by atoms with van der Waals surface area (Å²) in [7, 11) is 0. The fourth-order valence-electron chi connectivity index (χ4n) is 3.39. The summed E-state index contributed by atoms with van der Waals surface area (Å²) in [5.74, 6) is 0.0618. The van der Waals surface area contributed by atoms with Crippen molar-refractivity contribution in [1.82, 2.24) is 5.32 Å². The van der Waals surface area contributed by atoms with Crippen LogP contribution in [0.2, 0.25) is 0 Å². The summed E-state index contributed by atoms with van der Waals surface area (Å²) >= 11 is 0. The summed E-state index contributed by atoms with van der Waals surface area (Å²) in [6.07, 6.45) is 6.06. The van der Waals surface area contributed by atoms with Gasteiger partial charge in [0, 0.05) is 12.1 Å². The molecule has 3 N–H and O–H groups in total. The Morgan fingerprint density at radius 1 is 1.05 bits per heavy atom. The molecule has 116 valence electrons. The van der Waals surface area contributed by atoms with Crippen molar-refractivity contribution in [2.45, 2.75) is 44.1 Å². The van der Waals surface area contributed by atoms with E-state index in [1.165, 1.54) is 24.6 Å². The van der Waals surface area contributed by atoms with Gasteiger partial charge < -0.3 is 11.1 Å². The highest BCUT2D eigenvalue weighted by Crippen LogP contribution is 2.25. The molecular weight excluding hydrogens is 272 g/mol. The van der Waals surface area contributed by atoms with Crippen molar-refractivity contribution in [3.8, 4) is 0 Å². The van der Waals surface area contributed by atoms with Gasteiger partial charge in [-0.3, -0.25) is 4.79 Å². The second-order valence-corrected chi connectivity index (χ2v) is 6.51. The lowest BCUT2D eigenvalue weighted by molar-refractivity contribution is -0.120. The van der Waals surface area contributed by atoms with Crippen LogP contribution in [0.15, 0.2) is 42.5 Å². The second-order valence-electron chi connectivity index (χ2n) is 6.51. The fourth-order valence-corrected chi connectivity index (χ4v) is 3.39. The number of rotatable bonds is 4. The summed E-state index contributed by atoms with van der Waals surface area (Å²) in [6, 6.07) is 14.3. The van der Waals surface area contributed by atoms with Gasteiger partial charge in [0.2, 0.25) is 5.91 Å². The van der Waals surface area contributed by atoms with Crippen molar-refractivity contribution in [1.29, 1.82) is 0 Å². The van der Waals surface area contributed by atoms with E-state index < -0.39 is 0 Å². The molecule has 0 atom stereocenters. The summed E-state index contributed by atoms with van der Waals surface area (Å²) in [6.45, 7) is 0.594. The lowest BCUT2D eigenvalue weighted by atomic mass is 9.82. The van der Waals surface area contributed by atoms with Gasteiger partial charge in [-0.25, -0.2) is 0 Å². The lowest BCUT2D eigenvalue weighted by Crippen LogP contribution is -2.51. The van der Waals surface area contributed by atoms with Crippen molar-refractivity contribution in [2.24, 2.45) is 5.73 Å². The number of hydrogen-bond donors (Lipinski definition) is 2. The number of amides is 1. The maximum absolute atomic E-state index is 12.3. The summed E-state index contributed by atoms with van der Waals surface area (Å²) < 4.78 is 0. The first-order valence-electron chi connectivity index (χ1n) is 8.19. The average molecular weight is 296 g/mol. The number of benzene rings is 2. The molecule has 1 amide bonds. The molecule has 3 rings (SSSR count). The van der Waals surface area contributed by atoms with Crippen LogP contribution in [0.5, 0.6) is 0 Å². The number of nitrogens with one attached hydrogen (secondary N) is 1. The smallest absolute Gasteiger partial charge is 0.224 e. The van der Waals surface area contributed by atoms with Gasteiger partial charge in [-0.15, -0.1) is 0 Å². The van der Waals surface area contributed by atoms with Gasteiger partial charge in [0.1, 0.15) is 0 Å². The molecule has 0 saturated heterocycles. The Labute approximate surface area is 131 Å². The molecule has 22 heavy (non-hydrogen) atoms. The number of carbonyl (C=O) groups excluding carboxylic acids is 1. The second kappa shape index (κ2) is 6.49. The van der Waals surface area contributed by atoms with Gasteiger partial charge in [0.25, 0.3) is 0 Å². The zero-order valence-electron chi connectivity index (χ0n) is 13.0. The Hall–Kier alpha value is -1.87. The third kappa shape index (κ3) is 3.47. The van der Waals surface area contributed by atoms with Crippen molar-refractivity contribution in [3.63, 3.8) is 0 Å². The third-order valence-corrected chi connectivity index (χ3v) is 4.72. The summed E-state index contributed by atoms with van der Waals surface area (Å²) in [4.78, 5) is 12.3. The molecule has 0 bridgehead atoms.